The van der Waals surface area contributed by atoms with Gasteiger partial charge in [0.05, 0.1) is 17.7 Å². The molecular weight excluding hydrogens is 230 g/mol. The van der Waals surface area contributed by atoms with Crippen molar-refractivity contribution in [1.82, 2.24) is 4.98 Å². The second kappa shape index (κ2) is 5.34. The Bertz CT molecular complexity index is 481. The van der Waals surface area contributed by atoms with Gasteiger partial charge in [-0.2, -0.15) is 5.26 Å². The van der Waals surface area contributed by atoms with Crippen LogP contribution in [0.2, 0.25) is 0 Å². The lowest BCUT2D eigenvalue weighted by atomic mass is 10.0. The van der Waals surface area contributed by atoms with Crippen molar-refractivity contribution in [1.29, 1.82) is 5.26 Å². The van der Waals surface area contributed by atoms with E-state index < -0.39 is 18.0 Å². The number of nitriles is 1. The third-order valence-electron chi connectivity index (χ3n) is 2.21. The van der Waals surface area contributed by atoms with Crippen molar-refractivity contribution in [2.24, 2.45) is 0 Å². The molecule has 0 fully saturated rings. The first-order chi connectivity index (χ1) is 8.02. The number of hydrogen-bond donors (Lipinski definition) is 0. The third-order valence-corrected chi connectivity index (χ3v) is 2.21. The summed E-state index contributed by atoms with van der Waals surface area (Å²) in [5, 5.41) is 8.66. The molecule has 1 rings (SSSR count). The van der Waals surface area contributed by atoms with Gasteiger partial charge in [-0.1, -0.05) is 0 Å². The second-order valence-electron chi connectivity index (χ2n) is 3.19. The van der Waals surface area contributed by atoms with E-state index in [1.54, 1.807) is 13.0 Å². The van der Waals surface area contributed by atoms with E-state index in [9.17, 15) is 13.6 Å². The number of rotatable bonds is 3. The van der Waals surface area contributed by atoms with Crippen molar-refractivity contribution < 1.29 is 18.3 Å². The van der Waals surface area contributed by atoms with Gasteiger partial charge in [0.2, 0.25) is 0 Å². The Morgan fingerprint density at radius 1 is 1.65 bits per heavy atom. The van der Waals surface area contributed by atoms with Crippen LogP contribution in [0.3, 0.4) is 0 Å². The van der Waals surface area contributed by atoms with Crippen LogP contribution in [0.4, 0.5) is 8.78 Å². The van der Waals surface area contributed by atoms with Gasteiger partial charge in [-0.15, -0.1) is 0 Å². The van der Waals surface area contributed by atoms with Gasteiger partial charge in [-0.3, -0.25) is 0 Å². The summed E-state index contributed by atoms with van der Waals surface area (Å²) in [5.41, 5.74) is -0.894. The lowest BCUT2D eigenvalue weighted by molar-refractivity contribution is 0.0524. The number of halogens is 2. The summed E-state index contributed by atoms with van der Waals surface area (Å²) in [5.74, 6) is -0.719. The molecule has 0 aliphatic rings. The topological polar surface area (TPSA) is 63.0 Å². The minimum atomic E-state index is -2.86. The van der Waals surface area contributed by atoms with Crippen molar-refractivity contribution in [3.8, 4) is 6.07 Å². The molecule has 90 valence electrons. The quantitative estimate of drug-likeness (QED) is 0.761. The van der Waals surface area contributed by atoms with Crippen molar-refractivity contribution in [3.63, 3.8) is 0 Å². The molecule has 1 aromatic heterocycles. The average Bonchev–Trinajstić information content (AvgIpc) is 2.27. The number of pyridine rings is 1. The summed E-state index contributed by atoms with van der Waals surface area (Å²) in [6.07, 6.45) is -1.77. The molecule has 0 saturated heterocycles. The number of carbonyl (C=O) groups excluding carboxylic acids is 1. The summed E-state index contributed by atoms with van der Waals surface area (Å²) in [6, 6.07) is 1.57. The van der Waals surface area contributed by atoms with Crippen molar-refractivity contribution in [2.75, 3.05) is 6.61 Å². The Morgan fingerprint density at radius 2 is 2.29 bits per heavy atom. The third kappa shape index (κ3) is 2.56. The van der Waals surface area contributed by atoms with Crippen LogP contribution in [0.15, 0.2) is 6.20 Å². The van der Waals surface area contributed by atoms with E-state index in [2.05, 4.69) is 4.98 Å². The maximum atomic E-state index is 12.8. The largest absolute Gasteiger partial charge is 0.462 e. The number of nitrogens with zero attached hydrogens (tertiary/aromatic N) is 2. The zero-order valence-electron chi connectivity index (χ0n) is 9.33. The van der Waals surface area contributed by atoms with Crippen LogP contribution in [0.5, 0.6) is 0 Å². The summed E-state index contributed by atoms with van der Waals surface area (Å²) in [7, 11) is 0. The Kier molecular flexibility index (Phi) is 4.10. The Hall–Kier alpha value is -2.03. The predicted molar refractivity (Wildman–Crippen MR) is 54.6 cm³/mol. The minimum Gasteiger partial charge on any atom is -0.462 e. The first kappa shape index (κ1) is 13.0. The highest BCUT2D eigenvalue weighted by molar-refractivity contribution is 5.91. The number of carbonyl (C=O) groups is 1. The molecule has 0 unspecified atom stereocenters. The highest BCUT2D eigenvalue weighted by atomic mass is 19.3. The van der Waals surface area contributed by atoms with E-state index in [1.165, 1.54) is 6.92 Å². The molecule has 0 bridgehead atoms. The van der Waals surface area contributed by atoms with Gasteiger partial charge in [0.25, 0.3) is 6.43 Å². The van der Waals surface area contributed by atoms with Gasteiger partial charge in [0, 0.05) is 6.20 Å². The smallest absolute Gasteiger partial charge is 0.339 e. The Balaban J connectivity index is 3.34. The van der Waals surface area contributed by atoms with Gasteiger partial charge in [0.1, 0.15) is 11.8 Å². The first-order valence-corrected chi connectivity index (χ1v) is 4.87. The zero-order valence-corrected chi connectivity index (χ0v) is 9.33. The fourth-order valence-electron chi connectivity index (χ4n) is 1.39. The first-order valence-electron chi connectivity index (χ1n) is 4.87. The van der Waals surface area contributed by atoms with Gasteiger partial charge in [0.15, 0.2) is 0 Å². The maximum absolute atomic E-state index is 12.8. The number of aromatic nitrogens is 1. The standard InChI is InChI=1S/C11H10F2N2O2/c1-3-17-11(16)7-5-15-8(4-14)9(6(7)2)10(12)13/h5,10H,3H2,1-2H3. The molecule has 1 heterocycles. The zero-order chi connectivity index (χ0) is 13.0. The highest BCUT2D eigenvalue weighted by Gasteiger charge is 2.22. The highest BCUT2D eigenvalue weighted by Crippen LogP contribution is 2.27. The number of esters is 1. The summed E-state index contributed by atoms with van der Waals surface area (Å²) in [4.78, 5) is 15.0. The van der Waals surface area contributed by atoms with Crippen molar-refractivity contribution >= 4 is 5.97 Å². The van der Waals surface area contributed by atoms with Crippen LogP contribution in [-0.4, -0.2) is 17.6 Å². The molecule has 0 amide bonds. The van der Waals surface area contributed by atoms with E-state index in [0.717, 1.165) is 6.20 Å². The van der Waals surface area contributed by atoms with E-state index in [1.807, 2.05) is 0 Å². The molecule has 0 aliphatic heterocycles. The van der Waals surface area contributed by atoms with Crippen LogP contribution in [0.25, 0.3) is 0 Å². The normalized spacial score (nSPS) is 10.1. The monoisotopic (exact) mass is 240 g/mol. The SMILES string of the molecule is CCOC(=O)c1cnc(C#N)c(C(F)F)c1C. The van der Waals surface area contributed by atoms with E-state index in [0.29, 0.717) is 0 Å². The molecule has 1 aromatic rings. The summed E-state index contributed by atoms with van der Waals surface area (Å²) < 4.78 is 30.2. The summed E-state index contributed by atoms with van der Waals surface area (Å²) >= 11 is 0. The second-order valence-corrected chi connectivity index (χ2v) is 3.19. The van der Waals surface area contributed by atoms with Crippen molar-refractivity contribution in [3.05, 3.63) is 28.6 Å². The lowest BCUT2D eigenvalue weighted by Crippen LogP contribution is -2.11. The van der Waals surface area contributed by atoms with Gasteiger partial charge in [-0.05, 0) is 19.4 Å². The maximum Gasteiger partial charge on any atom is 0.339 e. The molecule has 17 heavy (non-hydrogen) atoms. The number of hydrogen-bond acceptors (Lipinski definition) is 4. The van der Waals surface area contributed by atoms with Crippen LogP contribution < -0.4 is 0 Å². The van der Waals surface area contributed by atoms with Gasteiger partial charge in [-0.25, -0.2) is 18.6 Å². The molecule has 0 spiro atoms. The van der Waals surface area contributed by atoms with Crippen LogP contribution in [0.1, 0.15) is 40.5 Å². The molecule has 4 nitrogen and oxygen atoms in total. The number of ether oxygens (including phenoxy) is 1. The molecule has 6 heteroatoms. The molecule has 0 aliphatic carbocycles. The average molecular weight is 240 g/mol. The Labute approximate surface area is 96.8 Å². The van der Waals surface area contributed by atoms with E-state index in [4.69, 9.17) is 10.00 Å². The van der Waals surface area contributed by atoms with Crippen LogP contribution >= 0.6 is 0 Å². The molecule has 0 saturated carbocycles. The number of alkyl halides is 2. The molecule has 0 N–H and O–H groups in total. The molecule has 0 radical (unpaired) electrons. The predicted octanol–water partition coefficient (Wildman–Crippen LogP) is 2.38. The van der Waals surface area contributed by atoms with Crippen LogP contribution in [-0.2, 0) is 4.74 Å². The van der Waals surface area contributed by atoms with Crippen LogP contribution in [0, 0.1) is 18.3 Å². The van der Waals surface area contributed by atoms with Gasteiger partial charge < -0.3 is 4.74 Å². The lowest BCUT2D eigenvalue weighted by Gasteiger charge is -2.10. The van der Waals surface area contributed by atoms with E-state index >= 15 is 0 Å². The molecule has 0 atom stereocenters. The molecular formula is C11H10F2N2O2. The fraction of sp³-hybridized carbons (Fsp3) is 0.364. The molecule has 0 aromatic carbocycles. The minimum absolute atomic E-state index is 0.0324. The summed E-state index contributed by atoms with van der Waals surface area (Å²) in [6.45, 7) is 3.09. The Morgan fingerprint density at radius 3 is 2.76 bits per heavy atom. The fourth-order valence-corrected chi connectivity index (χ4v) is 1.39. The van der Waals surface area contributed by atoms with E-state index in [-0.39, 0.29) is 23.4 Å². The van der Waals surface area contributed by atoms with Gasteiger partial charge >= 0.3 is 5.97 Å². The van der Waals surface area contributed by atoms with Crippen molar-refractivity contribution in [2.45, 2.75) is 20.3 Å².